The van der Waals surface area contributed by atoms with E-state index in [0.717, 1.165) is 28.9 Å². The molecule has 164 valence electrons. The van der Waals surface area contributed by atoms with Crippen molar-refractivity contribution in [3.63, 3.8) is 0 Å². The van der Waals surface area contributed by atoms with E-state index in [4.69, 9.17) is 9.47 Å². The maximum Gasteiger partial charge on any atom is 0.410 e. The van der Waals surface area contributed by atoms with Crippen molar-refractivity contribution in [2.75, 3.05) is 19.0 Å². The molecule has 1 atom stereocenters. The van der Waals surface area contributed by atoms with Crippen molar-refractivity contribution in [1.29, 1.82) is 0 Å². The minimum Gasteiger partial charge on any atom is -0.497 e. The second-order valence-electron chi connectivity index (χ2n) is 7.69. The van der Waals surface area contributed by atoms with E-state index >= 15 is 0 Å². The van der Waals surface area contributed by atoms with Gasteiger partial charge < -0.3 is 14.8 Å². The number of carbonyl (C=O) groups excluding carboxylic acids is 2. The molecule has 1 heterocycles. The van der Waals surface area contributed by atoms with Crippen LogP contribution < -0.4 is 10.1 Å². The van der Waals surface area contributed by atoms with E-state index in [0.29, 0.717) is 18.7 Å². The van der Waals surface area contributed by atoms with Crippen LogP contribution >= 0.6 is 0 Å². The maximum absolute atomic E-state index is 12.9. The number of nitrogens with zero attached hydrogens (tertiary/aromatic N) is 1. The van der Waals surface area contributed by atoms with Gasteiger partial charge in [-0.3, -0.25) is 9.69 Å². The number of methoxy groups -OCH3 is 1. The first kappa shape index (κ1) is 21.4. The summed E-state index contributed by atoms with van der Waals surface area (Å²) in [5, 5.41) is 2.93. The van der Waals surface area contributed by atoms with Crippen LogP contribution in [-0.4, -0.2) is 36.6 Å². The van der Waals surface area contributed by atoms with E-state index < -0.39 is 12.1 Å². The molecule has 0 saturated carbocycles. The first-order valence-corrected chi connectivity index (χ1v) is 10.7. The number of amides is 2. The molecule has 3 aromatic rings. The van der Waals surface area contributed by atoms with Crippen LogP contribution in [0.25, 0.3) is 11.1 Å². The zero-order valence-electron chi connectivity index (χ0n) is 18.0. The number of carbonyl (C=O) groups is 2. The number of hydrogen-bond acceptors (Lipinski definition) is 4. The first-order chi connectivity index (χ1) is 15.6. The normalized spacial score (nSPS) is 15.3. The van der Waals surface area contributed by atoms with Gasteiger partial charge in [0, 0.05) is 12.2 Å². The summed E-state index contributed by atoms with van der Waals surface area (Å²) in [5.74, 6) is 0.609. The highest BCUT2D eigenvalue weighted by Gasteiger charge is 2.35. The number of nitrogens with one attached hydrogen (secondary N) is 1. The van der Waals surface area contributed by atoms with Gasteiger partial charge in [-0.05, 0) is 53.8 Å². The lowest BCUT2D eigenvalue weighted by Crippen LogP contribution is -2.43. The fraction of sp³-hybridized carbons (Fsp3) is 0.231. The molecule has 4 rings (SSSR count). The Morgan fingerprint density at radius 1 is 0.938 bits per heavy atom. The van der Waals surface area contributed by atoms with Gasteiger partial charge in [0.25, 0.3) is 0 Å². The van der Waals surface area contributed by atoms with Crippen LogP contribution in [0, 0.1) is 0 Å². The predicted molar refractivity (Wildman–Crippen MR) is 123 cm³/mol. The molecule has 6 nitrogen and oxygen atoms in total. The molecule has 1 aliphatic heterocycles. The lowest BCUT2D eigenvalue weighted by atomic mass is 10.1. The highest BCUT2D eigenvalue weighted by atomic mass is 16.6. The van der Waals surface area contributed by atoms with E-state index in [1.165, 1.54) is 4.90 Å². The van der Waals surface area contributed by atoms with Crippen LogP contribution in [-0.2, 0) is 16.1 Å². The SMILES string of the molecule is COc1ccc(-c2ccc(NC(=O)[C@@H]3CCCN3C(=O)OCc3ccccc3)cc2)cc1. The molecule has 1 fully saturated rings. The molecular weight excluding hydrogens is 404 g/mol. The Kier molecular flexibility index (Phi) is 6.70. The summed E-state index contributed by atoms with van der Waals surface area (Å²) in [6, 6.07) is 24.4. The minimum absolute atomic E-state index is 0.192. The van der Waals surface area contributed by atoms with Crippen LogP contribution in [0.15, 0.2) is 78.9 Å². The van der Waals surface area contributed by atoms with Crippen LogP contribution in [0.2, 0.25) is 0 Å². The molecule has 0 unspecified atom stereocenters. The zero-order valence-corrected chi connectivity index (χ0v) is 18.0. The standard InChI is InChI=1S/C26H26N2O4/c1-31-23-15-11-21(12-16-23)20-9-13-22(14-10-20)27-25(29)24-8-5-17-28(24)26(30)32-18-19-6-3-2-4-7-19/h2-4,6-7,9-16,24H,5,8,17-18H2,1H3,(H,27,29)/t24-/m0/s1. The largest absolute Gasteiger partial charge is 0.497 e. The van der Waals surface area contributed by atoms with Gasteiger partial charge in [0.2, 0.25) is 5.91 Å². The lowest BCUT2D eigenvalue weighted by molar-refractivity contribution is -0.120. The van der Waals surface area contributed by atoms with Gasteiger partial charge in [-0.2, -0.15) is 0 Å². The molecule has 1 saturated heterocycles. The zero-order chi connectivity index (χ0) is 22.3. The molecule has 0 aliphatic carbocycles. The van der Waals surface area contributed by atoms with Crippen LogP contribution in [0.5, 0.6) is 5.75 Å². The van der Waals surface area contributed by atoms with Gasteiger partial charge in [0.1, 0.15) is 18.4 Å². The quantitative estimate of drug-likeness (QED) is 0.591. The Morgan fingerprint density at radius 3 is 2.25 bits per heavy atom. The molecule has 2 amide bonds. The van der Waals surface area contributed by atoms with Crippen molar-refractivity contribution in [3.8, 4) is 16.9 Å². The maximum atomic E-state index is 12.9. The molecule has 3 aromatic carbocycles. The molecule has 32 heavy (non-hydrogen) atoms. The number of anilines is 1. The third-order valence-corrected chi connectivity index (χ3v) is 5.57. The summed E-state index contributed by atoms with van der Waals surface area (Å²) in [7, 11) is 1.64. The number of likely N-dealkylation sites (tertiary alicyclic amines) is 1. The smallest absolute Gasteiger partial charge is 0.410 e. The van der Waals surface area contributed by atoms with Gasteiger partial charge in [0.15, 0.2) is 0 Å². The number of hydrogen-bond donors (Lipinski definition) is 1. The Balaban J connectivity index is 1.35. The Labute approximate surface area is 187 Å². The summed E-state index contributed by atoms with van der Waals surface area (Å²) in [6.45, 7) is 0.708. The summed E-state index contributed by atoms with van der Waals surface area (Å²) < 4.78 is 10.6. The number of ether oxygens (including phenoxy) is 2. The third-order valence-electron chi connectivity index (χ3n) is 5.57. The molecule has 0 radical (unpaired) electrons. The van der Waals surface area contributed by atoms with Gasteiger partial charge in [-0.1, -0.05) is 54.6 Å². The van der Waals surface area contributed by atoms with Crippen molar-refractivity contribution < 1.29 is 19.1 Å². The summed E-state index contributed by atoms with van der Waals surface area (Å²) >= 11 is 0. The Bertz CT molecular complexity index is 1050. The number of benzene rings is 3. The van der Waals surface area contributed by atoms with E-state index in [1.54, 1.807) is 7.11 Å². The summed E-state index contributed by atoms with van der Waals surface area (Å²) in [4.78, 5) is 26.9. The Morgan fingerprint density at radius 2 is 1.59 bits per heavy atom. The van der Waals surface area contributed by atoms with Gasteiger partial charge in [-0.25, -0.2) is 4.79 Å². The van der Waals surface area contributed by atoms with Crippen molar-refractivity contribution in [2.24, 2.45) is 0 Å². The predicted octanol–water partition coefficient (Wildman–Crippen LogP) is 5.10. The minimum atomic E-state index is -0.528. The topological polar surface area (TPSA) is 67.9 Å². The molecule has 0 aromatic heterocycles. The highest BCUT2D eigenvalue weighted by Crippen LogP contribution is 2.25. The van der Waals surface area contributed by atoms with E-state index in [9.17, 15) is 9.59 Å². The van der Waals surface area contributed by atoms with Crippen LogP contribution in [0.4, 0.5) is 10.5 Å². The van der Waals surface area contributed by atoms with E-state index in [2.05, 4.69) is 5.32 Å². The average molecular weight is 431 g/mol. The van der Waals surface area contributed by atoms with Gasteiger partial charge in [0.05, 0.1) is 7.11 Å². The fourth-order valence-electron chi connectivity index (χ4n) is 3.82. The van der Waals surface area contributed by atoms with Crippen molar-refractivity contribution in [1.82, 2.24) is 4.90 Å². The number of rotatable bonds is 6. The highest BCUT2D eigenvalue weighted by molar-refractivity contribution is 5.97. The lowest BCUT2D eigenvalue weighted by Gasteiger charge is -2.23. The van der Waals surface area contributed by atoms with Crippen LogP contribution in [0.1, 0.15) is 18.4 Å². The van der Waals surface area contributed by atoms with Crippen molar-refractivity contribution in [3.05, 3.63) is 84.4 Å². The summed E-state index contributed by atoms with van der Waals surface area (Å²) in [6.07, 6.45) is 0.937. The first-order valence-electron chi connectivity index (χ1n) is 10.7. The third kappa shape index (κ3) is 5.09. The van der Waals surface area contributed by atoms with Crippen molar-refractivity contribution in [2.45, 2.75) is 25.5 Å². The van der Waals surface area contributed by atoms with Crippen molar-refractivity contribution >= 4 is 17.7 Å². The second kappa shape index (κ2) is 10.0. The van der Waals surface area contributed by atoms with E-state index in [1.807, 2.05) is 78.9 Å². The molecule has 0 bridgehead atoms. The van der Waals surface area contributed by atoms with Gasteiger partial charge in [-0.15, -0.1) is 0 Å². The van der Waals surface area contributed by atoms with E-state index in [-0.39, 0.29) is 12.5 Å². The molecule has 6 heteroatoms. The van der Waals surface area contributed by atoms with Gasteiger partial charge >= 0.3 is 6.09 Å². The molecule has 1 N–H and O–H groups in total. The molecular formula is C26H26N2O4. The summed E-state index contributed by atoms with van der Waals surface area (Å²) in [5.41, 5.74) is 3.71. The monoisotopic (exact) mass is 430 g/mol. The fourth-order valence-corrected chi connectivity index (χ4v) is 3.82. The Hall–Kier alpha value is -3.80. The average Bonchev–Trinajstić information content (AvgIpc) is 3.34. The molecule has 0 spiro atoms. The second-order valence-corrected chi connectivity index (χ2v) is 7.69. The molecule has 1 aliphatic rings. The van der Waals surface area contributed by atoms with Crippen LogP contribution in [0.3, 0.4) is 0 Å².